The van der Waals surface area contributed by atoms with Gasteiger partial charge in [0.15, 0.2) is 0 Å². The highest BCUT2D eigenvalue weighted by atomic mass is 16.6. The fourth-order valence-corrected chi connectivity index (χ4v) is 2.76. The van der Waals surface area contributed by atoms with Crippen LogP contribution in [0.1, 0.15) is 53.4 Å². The van der Waals surface area contributed by atoms with Crippen LogP contribution in [0, 0.1) is 11.8 Å². The van der Waals surface area contributed by atoms with Gasteiger partial charge in [-0.3, -0.25) is 0 Å². The van der Waals surface area contributed by atoms with Crippen molar-refractivity contribution in [2.75, 3.05) is 52.7 Å². The van der Waals surface area contributed by atoms with Gasteiger partial charge in [-0.1, -0.05) is 27.0 Å². The first-order chi connectivity index (χ1) is 19.8. The second kappa shape index (κ2) is 22.6. The lowest BCUT2D eigenvalue weighted by molar-refractivity contribution is -0.168. The first kappa shape index (κ1) is 37.9. The Kier molecular flexibility index (Phi) is 20.4. The van der Waals surface area contributed by atoms with Crippen LogP contribution in [0.25, 0.3) is 0 Å². The molecule has 2 N–H and O–H groups in total. The van der Waals surface area contributed by atoms with Gasteiger partial charge in [0.05, 0.1) is 39.5 Å². The van der Waals surface area contributed by atoms with Crippen LogP contribution in [0.4, 0.5) is 9.59 Å². The number of hydrogen-bond donors (Lipinski definition) is 2. The molecule has 14 heteroatoms. The molecule has 0 aliphatic rings. The zero-order valence-electron chi connectivity index (χ0n) is 25.0. The van der Waals surface area contributed by atoms with Crippen LogP contribution in [0.5, 0.6) is 0 Å². The van der Waals surface area contributed by atoms with Crippen LogP contribution in [0.15, 0.2) is 24.3 Å². The van der Waals surface area contributed by atoms with Gasteiger partial charge in [-0.2, -0.15) is 0 Å². The molecule has 0 radical (unpaired) electrons. The lowest BCUT2D eigenvalue weighted by Crippen LogP contribution is -2.29. The van der Waals surface area contributed by atoms with E-state index in [4.69, 9.17) is 28.4 Å². The molecular weight excluding hydrogens is 556 g/mol. The molecular formula is C28H44N2O12. The predicted octanol–water partition coefficient (Wildman–Crippen LogP) is 2.60. The molecule has 0 spiro atoms. The standard InChI is InChI=1S/C28H44N2O12/c1-19(2)23(31)39-17-11-29-27(35)41-15-9-21(5)7-13-37-25(33)26(34)38-14-8-22(6)10-16-42-28(36)30-12-18-40-24(32)20(3)4/h21-22H,1,3,7-18H2,2,4-6H3,(H,29,35)(H,30,36). The molecule has 0 aliphatic carbocycles. The van der Waals surface area contributed by atoms with Crippen molar-refractivity contribution in [3.63, 3.8) is 0 Å². The number of esters is 4. The predicted molar refractivity (Wildman–Crippen MR) is 149 cm³/mol. The summed E-state index contributed by atoms with van der Waals surface area (Å²) in [6.45, 7) is 14.2. The number of amides is 2. The largest absolute Gasteiger partial charge is 0.460 e. The Morgan fingerprint density at radius 1 is 0.500 bits per heavy atom. The average molecular weight is 601 g/mol. The number of rotatable bonds is 20. The van der Waals surface area contributed by atoms with Crippen LogP contribution in [-0.4, -0.2) is 88.8 Å². The molecule has 0 fully saturated rings. The Hall–Kier alpha value is -4.10. The van der Waals surface area contributed by atoms with Gasteiger partial charge < -0.3 is 39.1 Å². The van der Waals surface area contributed by atoms with Crippen molar-refractivity contribution in [1.29, 1.82) is 0 Å². The summed E-state index contributed by atoms with van der Waals surface area (Å²) in [7, 11) is 0. The van der Waals surface area contributed by atoms with Crippen LogP contribution in [-0.2, 0) is 47.6 Å². The van der Waals surface area contributed by atoms with E-state index in [1.165, 1.54) is 13.8 Å². The summed E-state index contributed by atoms with van der Waals surface area (Å²) in [5.74, 6) is -3.17. The lowest BCUT2D eigenvalue weighted by atomic mass is 10.1. The minimum Gasteiger partial charge on any atom is -0.460 e. The summed E-state index contributed by atoms with van der Waals surface area (Å²) in [6, 6.07) is 0. The highest BCUT2D eigenvalue weighted by molar-refractivity contribution is 6.29. The lowest BCUT2D eigenvalue weighted by Gasteiger charge is -2.13. The van der Waals surface area contributed by atoms with Gasteiger partial charge in [0.2, 0.25) is 0 Å². The fraction of sp³-hybridized carbons (Fsp3) is 0.643. The molecule has 0 rings (SSSR count). The van der Waals surface area contributed by atoms with Gasteiger partial charge in [0.1, 0.15) is 13.2 Å². The van der Waals surface area contributed by atoms with Crippen molar-refractivity contribution in [1.82, 2.24) is 10.6 Å². The molecule has 14 nitrogen and oxygen atoms in total. The van der Waals surface area contributed by atoms with Crippen molar-refractivity contribution in [2.45, 2.75) is 53.4 Å². The van der Waals surface area contributed by atoms with Crippen molar-refractivity contribution in [3.05, 3.63) is 24.3 Å². The number of nitrogens with one attached hydrogen (secondary N) is 2. The molecule has 0 aliphatic heterocycles. The zero-order chi connectivity index (χ0) is 31.9. The Morgan fingerprint density at radius 2 is 0.786 bits per heavy atom. The Bertz CT molecular complexity index is 860. The minimum absolute atomic E-state index is 0.000809. The highest BCUT2D eigenvalue weighted by Gasteiger charge is 2.18. The molecule has 2 unspecified atom stereocenters. The third-order valence-electron chi connectivity index (χ3n) is 5.45. The van der Waals surface area contributed by atoms with Crippen LogP contribution >= 0.6 is 0 Å². The zero-order valence-corrected chi connectivity index (χ0v) is 25.0. The highest BCUT2D eigenvalue weighted by Crippen LogP contribution is 2.09. The van der Waals surface area contributed by atoms with E-state index < -0.39 is 36.1 Å². The van der Waals surface area contributed by atoms with Gasteiger partial charge in [-0.25, -0.2) is 28.8 Å². The molecule has 0 aromatic rings. The van der Waals surface area contributed by atoms with Gasteiger partial charge in [-0.05, 0) is 51.4 Å². The maximum atomic E-state index is 11.8. The summed E-state index contributed by atoms with van der Waals surface area (Å²) in [6.07, 6.45) is 0.621. The summed E-state index contributed by atoms with van der Waals surface area (Å²) in [4.78, 5) is 69.3. The van der Waals surface area contributed by atoms with Crippen molar-refractivity contribution < 1.29 is 57.2 Å². The smallest absolute Gasteiger partial charge is 0.417 e. The molecule has 2 atom stereocenters. The summed E-state index contributed by atoms with van der Waals surface area (Å²) in [5.41, 5.74) is 0.532. The SMILES string of the molecule is C=C(C)C(=O)OCCNC(=O)OCCC(C)CCOC(=O)C(=O)OCCC(C)CCOC(=O)NCCOC(=O)C(=C)C. The van der Waals surface area contributed by atoms with E-state index in [1.807, 2.05) is 13.8 Å². The number of hydrogen-bond acceptors (Lipinski definition) is 12. The van der Waals surface area contributed by atoms with E-state index in [2.05, 4.69) is 23.8 Å². The summed E-state index contributed by atoms with van der Waals surface area (Å²) < 4.78 is 29.6. The van der Waals surface area contributed by atoms with E-state index in [1.54, 1.807) is 0 Å². The summed E-state index contributed by atoms with van der Waals surface area (Å²) in [5, 5.41) is 4.89. The monoisotopic (exact) mass is 600 g/mol. The average Bonchev–Trinajstić information content (AvgIpc) is 2.92. The van der Waals surface area contributed by atoms with E-state index >= 15 is 0 Å². The molecule has 0 saturated heterocycles. The fourth-order valence-electron chi connectivity index (χ4n) is 2.76. The first-order valence-electron chi connectivity index (χ1n) is 13.6. The van der Waals surface area contributed by atoms with E-state index in [9.17, 15) is 28.8 Å². The van der Waals surface area contributed by atoms with Crippen LogP contribution in [0.2, 0.25) is 0 Å². The minimum atomic E-state index is -1.09. The number of carbonyl (C=O) groups is 6. The molecule has 0 aromatic carbocycles. The Balaban J connectivity index is 3.82. The molecule has 238 valence electrons. The Labute approximate surface area is 246 Å². The number of ether oxygens (including phenoxy) is 6. The normalized spacial score (nSPS) is 11.6. The molecule has 0 bridgehead atoms. The molecule has 2 amide bonds. The van der Waals surface area contributed by atoms with Crippen LogP contribution < -0.4 is 10.6 Å². The molecule has 42 heavy (non-hydrogen) atoms. The van der Waals surface area contributed by atoms with Gasteiger partial charge >= 0.3 is 36.1 Å². The maximum absolute atomic E-state index is 11.8. The third kappa shape index (κ3) is 20.8. The van der Waals surface area contributed by atoms with Gasteiger partial charge in [0, 0.05) is 11.1 Å². The number of carbonyl (C=O) groups excluding carboxylic acids is 6. The topological polar surface area (TPSA) is 182 Å². The Morgan fingerprint density at radius 3 is 1.10 bits per heavy atom. The number of alkyl carbamates (subject to hydrolysis) is 2. The maximum Gasteiger partial charge on any atom is 0.417 e. The van der Waals surface area contributed by atoms with E-state index in [-0.39, 0.29) is 75.7 Å². The van der Waals surface area contributed by atoms with Crippen molar-refractivity contribution >= 4 is 36.1 Å². The molecule has 0 heterocycles. The second-order valence-electron chi connectivity index (χ2n) is 9.59. The van der Waals surface area contributed by atoms with Crippen LogP contribution in [0.3, 0.4) is 0 Å². The third-order valence-corrected chi connectivity index (χ3v) is 5.45. The van der Waals surface area contributed by atoms with Gasteiger partial charge in [0.25, 0.3) is 0 Å². The molecule has 0 aromatic heterocycles. The van der Waals surface area contributed by atoms with E-state index in [0.29, 0.717) is 25.7 Å². The van der Waals surface area contributed by atoms with Crippen molar-refractivity contribution in [3.8, 4) is 0 Å². The first-order valence-corrected chi connectivity index (χ1v) is 13.6. The quantitative estimate of drug-likeness (QED) is 0.0686. The second-order valence-corrected chi connectivity index (χ2v) is 9.59. The molecule has 0 saturated carbocycles. The van der Waals surface area contributed by atoms with Crippen molar-refractivity contribution in [2.24, 2.45) is 11.8 Å². The van der Waals surface area contributed by atoms with E-state index in [0.717, 1.165) is 0 Å². The van der Waals surface area contributed by atoms with Gasteiger partial charge in [-0.15, -0.1) is 0 Å². The summed E-state index contributed by atoms with van der Waals surface area (Å²) >= 11 is 0.